The van der Waals surface area contributed by atoms with Gasteiger partial charge in [-0.15, -0.1) is 11.3 Å². The number of phenols is 1. The van der Waals surface area contributed by atoms with E-state index in [-0.39, 0.29) is 11.7 Å². The van der Waals surface area contributed by atoms with Crippen molar-refractivity contribution in [1.29, 1.82) is 0 Å². The molecule has 1 amide bonds. The second-order valence-corrected chi connectivity index (χ2v) is 7.72. The number of hydrogen-bond acceptors (Lipinski definition) is 4. The van der Waals surface area contributed by atoms with Gasteiger partial charge in [0.05, 0.1) is 20.0 Å². The summed E-state index contributed by atoms with van der Waals surface area (Å²) in [5, 5.41) is 15.4. The fraction of sp³-hybridized carbons (Fsp3) is 0. The first-order valence-corrected chi connectivity index (χ1v) is 8.48. The molecule has 0 radical (unpaired) electrons. The van der Waals surface area contributed by atoms with E-state index in [4.69, 9.17) is 0 Å². The van der Waals surface area contributed by atoms with Crippen LogP contribution in [0.4, 0.5) is 0 Å². The Balaban J connectivity index is 2.09. The van der Waals surface area contributed by atoms with Crippen LogP contribution in [0.5, 0.6) is 5.75 Å². The number of nitrogens with one attached hydrogen (secondary N) is 1. The molecule has 20 heavy (non-hydrogen) atoms. The summed E-state index contributed by atoms with van der Waals surface area (Å²) in [7, 11) is 0. The molecule has 0 aliphatic carbocycles. The first kappa shape index (κ1) is 15.7. The molecule has 0 saturated heterocycles. The molecule has 0 aliphatic heterocycles. The summed E-state index contributed by atoms with van der Waals surface area (Å²) in [6.07, 6.45) is 1.38. The van der Waals surface area contributed by atoms with Gasteiger partial charge in [-0.05, 0) is 50.1 Å². The normalized spacial score (nSPS) is 10.9. The van der Waals surface area contributed by atoms with Gasteiger partial charge < -0.3 is 5.11 Å². The van der Waals surface area contributed by atoms with E-state index in [2.05, 4.69) is 58.3 Å². The van der Waals surface area contributed by atoms with Crippen molar-refractivity contribution in [1.82, 2.24) is 5.43 Å². The van der Waals surface area contributed by atoms with Gasteiger partial charge in [0, 0.05) is 15.4 Å². The molecule has 0 spiro atoms. The van der Waals surface area contributed by atoms with Crippen LogP contribution in [-0.4, -0.2) is 17.2 Å². The van der Waals surface area contributed by atoms with E-state index in [9.17, 15) is 9.90 Å². The lowest BCUT2D eigenvalue weighted by atomic mass is 10.2. The summed E-state index contributed by atoms with van der Waals surface area (Å²) in [4.78, 5) is 11.7. The number of hydrogen-bond donors (Lipinski definition) is 2. The van der Waals surface area contributed by atoms with Crippen molar-refractivity contribution >= 4 is 71.2 Å². The molecular weight excluding hydrogens is 476 g/mol. The van der Waals surface area contributed by atoms with Crippen molar-refractivity contribution in [2.45, 2.75) is 0 Å². The third-order valence-corrected chi connectivity index (χ3v) is 4.82. The second-order valence-electron chi connectivity index (χ2n) is 3.66. The predicted molar refractivity (Wildman–Crippen MR) is 90.6 cm³/mol. The monoisotopic (exact) mass is 480 g/mol. The lowest BCUT2D eigenvalue weighted by molar-refractivity contribution is 0.0955. The average Bonchev–Trinajstić information content (AvgIpc) is 2.81. The van der Waals surface area contributed by atoms with Crippen molar-refractivity contribution in [2.75, 3.05) is 0 Å². The number of thiophene rings is 1. The van der Waals surface area contributed by atoms with E-state index < -0.39 is 0 Å². The zero-order chi connectivity index (χ0) is 14.7. The van der Waals surface area contributed by atoms with E-state index >= 15 is 0 Å². The quantitative estimate of drug-likeness (QED) is 0.499. The first-order valence-electron chi connectivity index (χ1n) is 5.23. The van der Waals surface area contributed by atoms with E-state index in [1.54, 1.807) is 23.6 Å². The van der Waals surface area contributed by atoms with Crippen LogP contribution in [0.2, 0.25) is 0 Å². The fourth-order valence-electron chi connectivity index (χ4n) is 1.34. The number of rotatable bonds is 3. The average molecular weight is 483 g/mol. The number of benzene rings is 1. The molecule has 2 N–H and O–H groups in total. The van der Waals surface area contributed by atoms with Gasteiger partial charge in [-0.3, -0.25) is 4.79 Å². The van der Waals surface area contributed by atoms with Crippen molar-refractivity contribution in [2.24, 2.45) is 5.10 Å². The van der Waals surface area contributed by atoms with Crippen molar-refractivity contribution in [3.05, 3.63) is 47.4 Å². The molecule has 1 heterocycles. The van der Waals surface area contributed by atoms with Crippen molar-refractivity contribution in [3.8, 4) is 5.75 Å². The predicted octanol–water partition coefficient (Wildman–Crippen LogP) is 4.51. The van der Waals surface area contributed by atoms with Gasteiger partial charge in [-0.1, -0.05) is 15.9 Å². The summed E-state index contributed by atoms with van der Waals surface area (Å²) < 4.78 is 2.21. The molecule has 2 aromatic rings. The number of carbonyl (C=O) groups excluding carboxylic acids is 1. The highest BCUT2D eigenvalue weighted by Crippen LogP contribution is 2.30. The van der Waals surface area contributed by atoms with Gasteiger partial charge in [0.1, 0.15) is 5.75 Å². The Morgan fingerprint density at radius 3 is 2.70 bits per heavy atom. The third-order valence-electron chi connectivity index (χ3n) is 2.26. The van der Waals surface area contributed by atoms with Crippen LogP contribution in [0.25, 0.3) is 0 Å². The maximum atomic E-state index is 11.7. The van der Waals surface area contributed by atoms with Gasteiger partial charge in [0.15, 0.2) is 0 Å². The Morgan fingerprint density at radius 1 is 1.30 bits per heavy atom. The Hall–Kier alpha value is -0.700. The summed E-state index contributed by atoms with van der Waals surface area (Å²) in [6, 6.07) is 5.12. The Bertz CT molecular complexity index is 685. The molecule has 0 atom stereocenters. The van der Waals surface area contributed by atoms with E-state index in [0.29, 0.717) is 15.6 Å². The molecule has 0 bridgehead atoms. The molecule has 4 nitrogen and oxygen atoms in total. The summed E-state index contributed by atoms with van der Waals surface area (Å²) in [5.41, 5.74) is 3.41. The van der Waals surface area contributed by atoms with Gasteiger partial charge in [-0.25, -0.2) is 5.43 Å². The number of hydrazone groups is 1. The highest BCUT2D eigenvalue weighted by molar-refractivity contribution is 9.11. The van der Waals surface area contributed by atoms with Crippen LogP contribution < -0.4 is 5.43 Å². The maximum Gasteiger partial charge on any atom is 0.272 e. The van der Waals surface area contributed by atoms with Crippen molar-refractivity contribution < 1.29 is 9.90 Å². The van der Waals surface area contributed by atoms with Gasteiger partial charge >= 0.3 is 0 Å². The SMILES string of the molecule is O=C(N/N=C/c1cc(Br)cc(Br)c1O)c1csc(Br)c1. The minimum atomic E-state index is -0.309. The van der Waals surface area contributed by atoms with Crippen molar-refractivity contribution in [3.63, 3.8) is 0 Å². The zero-order valence-corrected chi connectivity index (χ0v) is 15.3. The number of nitrogens with zero attached hydrogens (tertiary/aromatic N) is 1. The van der Waals surface area contributed by atoms with E-state index in [1.165, 1.54) is 17.6 Å². The molecule has 1 aromatic carbocycles. The lowest BCUT2D eigenvalue weighted by Gasteiger charge is -2.02. The fourth-order valence-corrected chi connectivity index (χ4v) is 3.73. The Kier molecular flexibility index (Phi) is 5.36. The largest absolute Gasteiger partial charge is 0.506 e. The van der Waals surface area contributed by atoms with Gasteiger partial charge in [0.2, 0.25) is 0 Å². The molecular formula is C12H7Br3N2O2S. The Labute approximate surface area is 144 Å². The zero-order valence-electron chi connectivity index (χ0n) is 9.73. The van der Waals surface area contributed by atoms with Gasteiger partial charge in [0.25, 0.3) is 5.91 Å². The highest BCUT2D eigenvalue weighted by Gasteiger charge is 2.07. The maximum absolute atomic E-state index is 11.7. The molecule has 0 unspecified atom stereocenters. The number of aromatic hydroxyl groups is 1. The highest BCUT2D eigenvalue weighted by atomic mass is 79.9. The van der Waals surface area contributed by atoms with Crippen LogP contribution >= 0.6 is 59.1 Å². The lowest BCUT2D eigenvalue weighted by Crippen LogP contribution is -2.16. The smallest absolute Gasteiger partial charge is 0.272 e. The molecule has 104 valence electrons. The molecule has 2 rings (SSSR count). The van der Waals surface area contributed by atoms with Crippen LogP contribution in [0.1, 0.15) is 15.9 Å². The summed E-state index contributed by atoms with van der Waals surface area (Å²) >= 11 is 11.2. The third kappa shape index (κ3) is 3.91. The van der Waals surface area contributed by atoms with Crippen LogP contribution in [0.15, 0.2) is 41.4 Å². The minimum absolute atomic E-state index is 0.0597. The van der Waals surface area contributed by atoms with Crippen LogP contribution in [0.3, 0.4) is 0 Å². The van der Waals surface area contributed by atoms with Crippen LogP contribution in [0, 0.1) is 0 Å². The first-order chi connectivity index (χ1) is 9.47. The minimum Gasteiger partial charge on any atom is -0.506 e. The summed E-state index contributed by atoms with van der Waals surface area (Å²) in [5.74, 6) is -0.249. The standard InChI is InChI=1S/C12H7Br3N2O2S/c13-8-1-6(11(18)9(14)3-8)4-16-17-12(19)7-2-10(15)20-5-7/h1-5,18H,(H,17,19)/b16-4+. The van der Waals surface area contributed by atoms with E-state index in [1.807, 2.05) is 0 Å². The van der Waals surface area contributed by atoms with E-state index in [0.717, 1.165) is 8.26 Å². The molecule has 8 heteroatoms. The molecule has 0 fully saturated rings. The Morgan fingerprint density at radius 2 is 2.05 bits per heavy atom. The molecule has 1 aromatic heterocycles. The topological polar surface area (TPSA) is 61.7 Å². The number of halogens is 3. The number of carbonyl (C=O) groups is 1. The van der Waals surface area contributed by atoms with Gasteiger partial charge in [-0.2, -0.15) is 5.10 Å². The van der Waals surface area contributed by atoms with Crippen LogP contribution in [-0.2, 0) is 0 Å². The number of phenolic OH excluding ortho intramolecular Hbond substituents is 1. The summed E-state index contributed by atoms with van der Waals surface area (Å²) in [6.45, 7) is 0. The molecule has 0 aliphatic rings. The molecule has 0 saturated carbocycles. The number of amides is 1. The second kappa shape index (κ2) is 6.84.